The molecule has 0 atom stereocenters. The van der Waals surface area contributed by atoms with Gasteiger partial charge in [0.15, 0.2) is 5.13 Å². The molecule has 0 aliphatic rings. The third-order valence-corrected chi connectivity index (χ3v) is 4.30. The third kappa shape index (κ3) is 4.89. The molecule has 5 nitrogen and oxygen atoms in total. The van der Waals surface area contributed by atoms with E-state index in [4.69, 9.17) is 11.6 Å². The van der Waals surface area contributed by atoms with Crippen LogP contribution in [0.1, 0.15) is 15.9 Å². The quantitative estimate of drug-likeness (QED) is 0.705. The summed E-state index contributed by atoms with van der Waals surface area (Å²) in [4.78, 5) is 28.1. The van der Waals surface area contributed by atoms with Gasteiger partial charge in [-0.3, -0.25) is 14.9 Å². The van der Waals surface area contributed by atoms with E-state index in [1.165, 1.54) is 11.3 Å². The second-order valence-corrected chi connectivity index (χ2v) is 6.55. The summed E-state index contributed by atoms with van der Waals surface area (Å²) in [6.07, 6.45) is 1.88. The van der Waals surface area contributed by atoms with Gasteiger partial charge in [-0.15, -0.1) is 11.3 Å². The van der Waals surface area contributed by atoms with Crippen molar-refractivity contribution in [2.24, 2.45) is 0 Å². The monoisotopic (exact) mass is 371 g/mol. The lowest BCUT2D eigenvalue weighted by atomic mass is 10.1. The lowest BCUT2D eigenvalue weighted by Gasteiger charge is -2.07. The van der Waals surface area contributed by atoms with Crippen molar-refractivity contribution in [3.05, 3.63) is 76.3 Å². The van der Waals surface area contributed by atoms with Gasteiger partial charge in [0.2, 0.25) is 5.91 Å². The number of nitrogens with zero attached hydrogens (tertiary/aromatic N) is 1. The van der Waals surface area contributed by atoms with E-state index in [1.54, 1.807) is 48.0 Å². The van der Waals surface area contributed by atoms with Crippen molar-refractivity contribution in [2.75, 3.05) is 10.6 Å². The van der Waals surface area contributed by atoms with E-state index < -0.39 is 0 Å². The molecule has 0 radical (unpaired) electrons. The molecule has 0 unspecified atom stereocenters. The van der Waals surface area contributed by atoms with Gasteiger partial charge in [-0.05, 0) is 42.0 Å². The molecule has 3 rings (SSSR count). The van der Waals surface area contributed by atoms with Crippen LogP contribution < -0.4 is 10.6 Å². The second-order valence-electron chi connectivity index (χ2n) is 5.22. The summed E-state index contributed by atoms with van der Waals surface area (Å²) >= 11 is 7.18. The van der Waals surface area contributed by atoms with E-state index >= 15 is 0 Å². The Bertz CT molecular complexity index is 862. The largest absolute Gasteiger partial charge is 0.326 e. The number of thiazole rings is 1. The number of rotatable bonds is 5. The molecule has 0 spiro atoms. The number of aromatic nitrogens is 1. The Balaban J connectivity index is 1.57. The highest BCUT2D eigenvalue weighted by Crippen LogP contribution is 2.15. The molecule has 0 saturated heterocycles. The lowest BCUT2D eigenvalue weighted by molar-refractivity contribution is -0.115. The molecular weight excluding hydrogens is 358 g/mol. The molecule has 0 saturated carbocycles. The zero-order valence-electron chi connectivity index (χ0n) is 13.0. The number of hydrogen-bond donors (Lipinski definition) is 2. The van der Waals surface area contributed by atoms with E-state index in [0.29, 0.717) is 21.4 Å². The minimum Gasteiger partial charge on any atom is -0.326 e. The van der Waals surface area contributed by atoms with Gasteiger partial charge >= 0.3 is 0 Å². The zero-order chi connectivity index (χ0) is 17.6. The average molecular weight is 372 g/mol. The fourth-order valence-corrected chi connectivity index (χ4v) is 2.80. The van der Waals surface area contributed by atoms with Crippen molar-refractivity contribution in [2.45, 2.75) is 6.42 Å². The highest BCUT2D eigenvalue weighted by atomic mass is 35.5. The minimum absolute atomic E-state index is 0.137. The third-order valence-electron chi connectivity index (χ3n) is 3.36. The Hall–Kier alpha value is -2.70. The van der Waals surface area contributed by atoms with Gasteiger partial charge in [-0.1, -0.05) is 23.7 Å². The minimum atomic E-state index is -0.242. The maximum atomic E-state index is 12.1. The van der Waals surface area contributed by atoms with E-state index in [9.17, 15) is 9.59 Å². The van der Waals surface area contributed by atoms with Crippen molar-refractivity contribution in [3.8, 4) is 0 Å². The Morgan fingerprint density at radius 1 is 1.00 bits per heavy atom. The van der Waals surface area contributed by atoms with Crippen LogP contribution >= 0.6 is 22.9 Å². The van der Waals surface area contributed by atoms with E-state index in [-0.39, 0.29) is 18.2 Å². The summed E-state index contributed by atoms with van der Waals surface area (Å²) in [7, 11) is 0. The number of carbonyl (C=O) groups is 2. The summed E-state index contributed by atoms with van der Waals surface area (Å²) in [5, 5.41) is 8.48. The molecule has 0 fully saturated rings. The molecular formula is C18H14ClN3O2S. The molecule has 2 aromatic carbocycles. The first-order chi connectivity index (χ1) is 12.1. The number of nitrogens with one attached hydrogen (secondary N) is 2. The Kier molecular flexibility index (Phi) is 5.42. The first kappa shape index (κ1) is 17.1. The summed E-state index contributed by atoms with van der Waals surface area (Å²) in [6, 6.07) is 13.8. The van der Waals surface area contributed by atoms with Gasteiger partial charge < -0.3 is 5.32 Å². The van der Waals surface area contributed by atoms with E-state index in [2.05, 4.69) is 15.6 Å². The molecule has 0 bridgehead atoms. The highest BCUT2D eigenvalue weighted by molar-refractivity contribution is 7.13. The molecule has 0 aliphatic heterocycles. The van der Waals surface area contributed by atoms with Gasteiger partial charge in [-0.25, -0.2) is 4.98 Å². The average Bonchev–Trinajstić information content (AvgIpc) is 3.10. The first-order valence-electron chi connectivity index (χ1n) is 7.45. The fourth-order valence-electron chi connectivity index (χ4n) is 2.15. The van der Waals surface area contributed by atoms with Crippen LogP contribution in [0.5, 0.6) is 0 Å². The SMILES string of the molecule is O=C(Cc1ccc(Cl)cc1)Nc1ccc(C(=O)Nc2nccs2)cc1. The van der Waals surface area contributed by atoms with Gasteiger partial charge in [0.25, 0.3) is 5.91 Å². The lowest BCUT2D eigenvalue weighted by Crippen LogP contribution is -2.15. The van der Waals surface area contributed by atoms with Crippen molar-refractivity contribution < 1.29 is 9.59 Å². The van der Waals surface area contributed by atoms with Gasteiger partial charge in [0.05, 0.1) is 6.42 Å². The number of halogens is 1. The number of hydrogen-bond acceptors (Lipinski definition) is 4. The zero-order valence-corrected chi connectivity index (χ0v) is 14.6. The molecule has 0 aliphatic carbocycles. The molecule has 2 N–H and O–H groups in total. The molecule has 126 valence electrons. The van der Waals surface area contributed by atoms with Gasteiger partial charge in [-0.2, -0.15) is 0 Å². The van der Waals surface area contributed by atoms with Crippen LogP contribution in [-0.2, 0) is 11.2 Å². The Labute approximate surface area is 153 Å². The smallest absolute Gasteiger partial charge is 0.257 e. The maximum Gasteiger partial charge on any atom is 0.257 e. The number of amides is 2. The molecule has 25 heavy (non-hydrogen) atoms. The summed E-state index contributed by atoms with van der Waals surface area (Å²) in [5.74, 6) is -0.378. The van der Waals surface area contributed by atoms with Crippen molar-refractivity contribution in [1.82, 2.24) is 4.98 Å². The van der Waals surface area contributed by atoms with Crippen LogP contribution in [-0.4, -0.2) is 16.8 Å². The predicted octanol–water partition coefficient (Wildman–Crippen LogP) is 4.23. The fraction of sp³-hybridized carbons (Fsp3) is 0.0556. The summed E-state index contributed by atoms with van der Waals surface area (Å²) in [5.41, 5.74) is 2.00. The maximum absolute atomic E-state index is 12.1. The Morgan fingerprint density at radius 3 is 2.36 bits per heavy atom. The normalized spacial score (nSPS) is 10.3. The molecule has 1 heterocycles. The van der Waals surface area contributed by atoms with Crippen LogP contribution in [0.4, 0.5) is 10.8 Å². The van der Waals surface area contributed by atoms with Crippen LogP contribution in [0, 0.1) is 0 Å². The van der Waals surface area contributed by atoms with Crippen LogP contribution in [0.15, 0.2) is 60.1 Å². The second kappa shape index (κ2) is 7.92. The molecule has 2 amide bonds. The van der Waals surface area contributed by atoms with Crippen molar-refractivity contribution in [3.63, 3.8) is 0 Å². The van der Waals surface area contributed by atoms with Crippen LogP contribution in [0.25, 0.3) is 0 Å². The summed E-state index contributed by atoms with van der Waals surface area (Å²) < 4.78 is 0. The highest BCUT2D eigenvalue weighted by Gasteiger charge is 2.09. The Morgan fingerprint density at radius 2 is 1.72 bits per heavy atom. The molecule has 7 heteroatoms. The van der Waals surface area contributed by atoms with E-state index in [0.717, 1.165) is 5.56 Å². The van der Waals surface area contributed by atoms with Crippen molar-refractivity contribution in [1.29, 1.82) is 0 Å². The molecule has 3 aromatic rings. The van der Waals surface area contributed by atoms with Crippen LogP contribution in [0.2, 0.25) is 5.02 Å². The van der Waals surface area contributed by atoms with Crippen molar-refractivity contribution >= 4 is 45.6 Å². The summed E-state index contributed by atoms with van der Waals surface area (Å²) in [6.45, 7) is 0. The predicted molar refractivity (Wildman–Crippen MR) is 100 cm³/mol. The number of carbonyl (C=O) groups excluding carboxylic acids is 2. The first-order valence-corrected chi connectivity index (χ1v) is 8.71. The topological polar surface area (TPSA) is 71.1 Å². The van der Waals surface area contributed by atoms with Gasteiger partial charge in [0.1, 0.15) is 0 Å². The van der Waals surface area contributed by atoms with Gasteiger partial charge in [0, 0.05) is 27.9 Å². The van der Waals surface area contributed by atoms with E-state index in [1.807, 2.05) is 12.1 Å². The number of anilines is 2. The molecule has 1 aromatic heterocycles. The standard InChI is InChI=1S/C18H14ClN3O2S/c19-14-5-1-12(2-6-14)11-16(23)21-15-7-3-13(4-8-15)17(24)22-18-20-9-10-25-18/h1-10H,11H2,(H,21,23)(H,20,22,24). The number of benzene rings is 2. The van der Waals surface area contributed by atoms with Crippen LogP contribution in [0.3, 0.4) is 0 Å².